The molecule has 6 rings (SSSR count). The summed E-state index contributed by atoms with van der Waals surface area (Å²) in [6.07, 6.45) is 5.82. The van der Waals surface area contributed by atoms with Gasteiger partial charge in [0, 0.05) is 35.5 Å². The van der Waals surface area contributed by atoms with Gasteiger partial charge >= 0.3 is 0 Å². The van der Waals surface area contributed by atoms with Crippen molar-refractivity contribution in [2.45, 2.75) is 25.3 Å². The molecule has 0 radical (unpaired) electrons. The van der Waals surface area contributed by atoms with Crippen LogP contribution in [0.25, 0.3) is 33.8 Å². The van der Waals surface area contributed by atoms with Crippen LogP contribution >= 0.6 is 0 Å². The van der Waals surface area contributed by atoms with Crippen molar-refractivity contribution in [3.63, 3.8) is 0 Å². The van der Waals surface area contributed by atoms with E-state index in [1.807, 2.05) is 36.5 Å². The van der Waals surface area contributed by atoms with Crippen molar-refractivity contribution in [2.75, 3.05) is 13.1 Å². The van der Waals surface area contributed by atoms with Crippen LogP contribution < -0.4 is 0 Å². The van der Waals surface area contributed by atoms with Gasteiger partial charge in [0.2, 0.25) is 0 Å². The fourth-order valence-electron chi connectivity index (χ4n) is 5.02. The predicted molar refractivity (Wildman–Crippen MR) is 142 cm³/mol. The second kappa shape index (κ2) is 10.2. The Balaban J connectivity index is 1.09. The number of piperidine rings is 1. The molecule has 0 saturated carbocycles. The molecule has 5 aromatic rings. The van der Waals surface area contributed by atoms with E-state index in [-0.39, 0.29) is 0 Å². The summed E-state index contributed by atoms with van der Waals surface area (Å²) in [6, 6.07) is 29.3. The Morgan fingerprint density at radius 3 is 2.36 bits per heavy atom. The maximum Gasteiger partial charge on any atom is 0.111 e. The number of pyridine rings is 1. The second-order valence-electron chi connectivity index (χ2n) is 9.33. The van der Waals surface area contributed by atoms with Crippen LogP contribution in [-0.2, 0) is 6.54 Å². The second-order valence-corrected chi connectivity index (χ2v) is 9.33. The highest BCUT2D eigenvalue weighted by Gasteiger charge is 2.22. The molecule has 0 spiro atoms. The summed E-state index contributed by atoms with van der Waals surface area (Å²) in [6.45, 7) is 3.11. The summed E-state index contributed by atoms with van der Waals surface area (Å²) >= 11 is 0. The molecule has 0 aliphatic carbocycles. The molecule has 36 heavy (non-hydrogen) atoms. The van der Waals surface area contributed by atoms with Gasteiger partial charge in [-0.2, -0.15) is 10.2 Å². The Kier molecular flexibility index (Phi) is 6.33. The Morgan fingerprint density at radius 2 is 1.58 bits per heavy atom. The molecule has 1 aliphatic heterocycles. The van der Waals surface area contributed by atoms with Gasteiger partial charge in [-0.1, -0.05) is 60.7 Å². The average Bonchev–Trinajstić information content (AvgIpc) is 3.45. The van der Waals surface area contributed by atoms with Gasteiger partial charge in [0.15, 0.2) is 0 Å². The van der Waals surface area contributed by atoms with Crippen LogP contribution in [0.4, 0.5) is 0 Å². The van der Waals surface area contributed by atoms with Gasteiger partial charge < -0.3 is 0 Å². The van der Waals surface area contributed by atoms with E-state index in [1.165, 1.54) is 11.3 Å². The van der Waals surface area contributed by atoms with Gasteiger partial charge in [-0.15, -0.1) is 5.10 Å². The molecule has 6 nitrogen and oxygen atoms in total. The molecule has 1 fully saturated rings. The fraction of sp³-hybridized carbons (Fsp3) is 0.200. The van der Waals surface area contributed by atoms with Crippen molar-refractivity contribution in [2.24, 2.45) is 0 Å². The molecule has 2 aromatic carbocycles. The normalized spacial score (nSPS) is 14.7. The van der Waals surface area contributed by atoms with Crippen LogP contribution in [-0.4, -0.2) is 43.4 Å². The Morgan fingerprint density at radius 1 is 0.778 bits per heavy atom. The van der Waals surface area contributed by atoms with E-state index in [4.69, 9.17) is 0 Å². The van der Waals surface area contributed by atoms with E-state index >= 15 is 0 Å². The summed E-state index contributed by atoms with van der Waals surface area (Å²) in [7, 11) is 0. The third-order valence-electron chi connectivity index (χ3n) is 6.99. The molecule has 0 bridgehead atoms. The lowest BCUT2D eigenvalue weighted by Gasteiger charge is -2.31. The molecule has 0 amide bonds. The molecule has 178 valence electrons. The molecule has 4 heterocycles. The quantitative estimate of drug-likeness (QED) is 0.329. The van der Waals surface area contributed by atoms with Gasteiger partial charge in [-0.3, -0.25) is 15.0 Å². The Labute approximate surface area is 211 Å². The number of nitrogens with zero attached hydrogens (tertiary/aromatic N) is 5. The summed E-state index contributed by atoms with van der Waals surface area (Å²) in [4.78, 5) is 6.95. The summed E-state index contributed by atoms with van der Waals surface area (Å²) in [5.41, 5.74) is 8.64. The smallest absolute Gasteiger partial charge is 0.111 e. The number of aromatic nitrogens is 5. The van der Waals surface area contributed by atoms with E-state index in [0.717, 1.165) is 66.2 Å². The van der Waals surface area contributed by atoms with Crippen LogP contribution in [0.2, 0.25) is 0 Å². The summed E-state index contributed by atoms with van der Waals surface area (Å²) in [5.74, 6) is 0.515. The zero-order valence-corrected chi connectivity index (χ0v) is 20.1. The predicted octanol–water partition coefficient (Wildman–Crippen LogP) is 5.98. The minimum absolute atomic E-state index is 0.515. The first-order valence-corrected chi connectivity index (χ1v) is 12.5. The lowest BCUT2D eigenvalue weighted by molar-refractivity contribution is 0.203. The van der Waals surface area contributed by atoms with Crippen LogP contribution in [0.15, 0.2) is 97.3 Å². The number of H-pyrrole nitrogens is 1. The van der Waals surface area contributed by atoms with Crippen molar-refractivity contribution in [3.8, 4) is 33.8 Å². The SMILES string of the molecule is c1ccc(-c2ccnnc2-c2ccc(CN3CCC(c4cc(-c5ccccn5)n[nH]4)CC3)cc2)cc1. The number of likely N-dealkylation sites (tertiary alicyclic amines) is 1. The van der Waals surface area contributed by atoms with E-state index < -0.39 is 0 Å². The van der Waals surface area contributed by atoms with E-state index in [1.54, 1.807) is 6.20 Å². The van der Waals surface area contributed by atoms with Gasteiger partial charge in [0.1, 0.15) is 11.4 Å². The van der Waals surface area contributed by atoms with Gasteiger partial charge in [-0.05, 0) is 61.3 Å². The summed E-state index contributed by atoms with van der Waals surface area (Å²) in [5, 5.41) is 16.4. The van der Waals surface area contributed by atoms with Gasteiger partial charge in [0.05, 0.1) is 11.9 Å². The molecule has 1 aliphatic rings. The maximum absolute atomic E-state index is 4.50. The Hall–Kier alpha value is -4.16. The van der Waals surface area contributed by atoms with Crippen molar-refractivity contribution in [1.29, 1.82) is 0 Å². The fourth-order valence-corrected chi connectivity index (χ4v) is 5.02. The number of aromatic amines is 1. The van der Waals surface area contributed by atoms with Crippen molar-refractivity contribution < 1.29 is 0 Å². The van der Waals surface area contributed by atoms with E-state index in [2.05, 4.69) is 84.9 Å². The van der Waals surface area contributed by atoms with Crippen molar-refractivity contribution >= 4 is 0 Å². The van der Waals surface area contributed by atoms with Crippen LogP contribution in [0.1, 0.15) is 30.0 Å². The van der Waals surface area contributed by atoms with Crippen LogP contribution in [0.5, 0.6) is 0 Å². The minimum atomic E-state index is 0.515. The highest BCUT2D eigenvalue weighted by Crippen LogP contribution is 2.31. The molecule has 6 heteroatoms. The maximum atomic E-state index is 4.50. The standard InChI is InChI=1S/C30H28N6/c1-2-6-23(7-3-1)26-13-17-32-35-30(26)25-11-9-22(10-12-25)21-36-18-14-24(15-19-36)28-20-29(34-33-28)27-8-4-5-16-31-27/h1-13,16-17,20,24H,14-15,18-19,21H2,(H,33,34). The van der Waals surface area contributed by atoms with Gasteiger partial charge in [0.25, 0.3) is 0 Å². The Bertz CT molecular complexity index is 1410. The van der Waals surface area contributed by atoms with Gasteiger partial charge in [-0.25, -0.2) is 0 Å². The van der Waals surface area contributed by atoms with Crippen molar-refractivity contribution in [1.82, 2.24) is 30.3 Å². The third kappa shape index (κ3) is 4.81. The number of hydrogen-bond acceptors (Lipinski definition) is 5. The molecular weight excluding hydrogens is 444 g/mol. The highest BCUT2D eigenvalue weighted by atomic mass is 15.1. The molecule has 1 N–H and O–H groups in total. The first-order valence-electron chi connectivity index (χ1n) is 12.5. The van der Waals surface area contributed by atoms with Crippen molar-refractivity contribution in [3.05, 3.63) is 109 Å². The van der Waals surface area contributed by atoms with Crippen LogP contribution in [0.3, 0.4) is 0 Å². The number of benzene rings is 2. The lowest BCUT2D eigenvalue weighted by atomic mass is 9.93. The molecular formula is C30H28N6. The number of rotatable bonds is 6. The number of hydrogen-bond donors (Lipinski definition) is 1. The molecule has 0 unspecified atom stereocenters. The summed E-state index contributed by atoms with van der Waals surface area (Å²) < 4.78 is 0. The highest BCUT2D eigenvalue weighted by molar-refractivity contribution is 5.80. The zero-order chi connectivity index (χ0) is 24.2. The first kappa shape index (κ1) is 22.3. The molecule has 1 saturated heterocycles. The molecule has 0 atom stereocenters. The molecule has 3 aromatic heterocycles. The third-order valence-corrected chi connectivity index (χ3v) is 6.99. The van der Waals surface area contributed by atoms with E-state index in [0.29, 0.717) is 5.92 Å². The monoisotopic (exact) mass is 472 g/mol. The lowest BCUT2D eigenvalue weighted by Crippen LogP contribution is -2.32. The average molecular weight is 473 g/mol. The van der Waals surface area contributed by atoms with E-state index in [9.17, 15) is 0 Å². The topological polar surface area (TPSA) is 70.6 Å². The van der Waals surface area contributed by atoms with Crippen LogP contribution in [0, 0.1) is 0 Å². The minimum Gasteiger partial charge on any atom is -0.299 e. The largest absolute Gasteiger partial charge is 0.299 e. The number of nitrogens with one attached hydrogen (secondary N) is 1. The zero-order valence-electron chi connectivity index (χ0n) is 20.1. The first-order chi connectivity index (χ1) is 17.8.